The Bertz CT molecular complexity index is 1150. The van der Waals surface area contributed by atoms with E-state index in [1.165, 1.54) is 31.6 Å². The molecule has 35 heavy (non-hydrogen) atoms. The van der Waals surface area contributed by atoms with E-state index in [1.807, 2.05) is 42.6 Å². The molecule has 184 valence electrons. The molecule has 1 aromatic heterocycles. The second-order valence-electron chi connectivity index (χ2n) is 9.66. The molecule has 2 aliphatic heterocycles. The van der Waals surface area contributed by atoms with E-state index in [0.717, 1.165) is 54.2 Å². The van der Waals surface area contributed by atoms with Crippen molar-refractivity contribution in [2.24, 2.45) is 0 Å². The number of carbonyl (C=O) groups is 1. The Balaban J connectivity index is 1.24. The van der Waals surface area contributed by atoms with Crippen LogP contribution in [0.5, 0.6) is 0 Å². The van der Waals surface area contributed by atoms with Crippen molar-refractivity contribution >= 4 is 39.8 Å². The van der Waals surface area contributed by atoms with Crippen molar-refractivity contribution in [2.45, 2.75) is 32.2 Å². The highest BCUT2D eigenvalue weighted by Gasteiger charge is 2.21. The number of piperazine rings is 1. The van der Waals surface area contributed by atoms with E-state index < -0.39 is 0 Å². The quantitative estimate of drug-likeness (QED) is 0.513. The van der Waals surface area contributed by atoms with Gasteiger partial charge >= 0.3 is 0 Å². The number of benzene rings is 2. The Morgan fingerprint density at radius 3 is 2.43 bits per heavy atom. The third kappa shape index (κ3) is 5.54. The molecule has 3 heterocycles. The van der Waals surface area contributed by atoms with Crippen LogP contribution in [0.2, 0.25) is 5.02 Å². The van der Waals surface area contributed by atoms with Gasteiger partial charge in [-0.3, -0.25) is 4.79 Å². The van der Waals surface area contributed by atoms with Crippen LogP contribution >= 0.6 is 11.6 Å². The van der Waals surface area contributed by atoms with Crippen molar-refractivity contribution in [1.82, 2.24) is 15.2 Å². The van der Waals surface area contributed by atoms with E-state index in [1.54, 1.807) is 0 Å². The number of hydrogen-bond acceptors (Lipinski definition) is 5. The number of amides is 1. The topological polar surface area (TPSA) is 51.7 Å². The number of likely N-dealkylation sites (tertiary alicyclic amines) is 1. The average molecular weight is 492 g/mol. The Morgan fingerprint density at radius 2 is 1.69 bits per heavy atom. The number of halogens is 1. The van der Waals surface area contributed by atoms with Gasteiger partial charge in [-0.2, -0.15) is 0 Å². The predicted octanol–water partition coefficient (Wildman–Crippen LogP) is 4.82. The van der Waals surface area contributed by atoms with E-state index in [-0.39, 0.29) is 5.91 Å². The molecule has 2 aliphatic rings. The smallest absolute Gasteiger partial charge is 0.251 e. The molecule has 0 aliphatic carbocycles. The molecule has 1 atom stereocenters. The molecule has 0 unspecified atom stereocenters. The maximum absolute atomic E-state index is 12.9. The number of aromatic nitrogens is 1. The van der Waals surface area contributed by atoms with Crippen LogP contribution in [0.1, 0.15) is 36.5 Å². The van der Waals surface area contributed by atoms with Gasteiger partial charge in [0.25, 0.3) is 5.91 Å². The lowest BCUT2D eigenvalue weighted by molar-refractivity contribution is 0.0949. The first-order valence-electron chi connectivity index (χ1n) is 12.7. The summed E-state index contributed by atoms with van der Waals surface area (Å²) >= 11 is 6.05. The van der Waals surface area contributed by atoms with Gasteiger partial charge in [-0.25, -0.2) is 4.98 Å². The summed E-state index contributed by atoms with van der Waals surface area (Å²) in [5, 5.41) is 6.03. The molecule has 0 bridgehead atoms. The van der Waals surface area contributed by atoms with Crippen LogP contribution in [0.15, 0.2) is 54.7 Å². The van der Waals surface area contributed by atoms with Crippen LogP contribution in [-0.4, -0.2) is 67.6 Å². The number of rotatable bonds is 7. The molecule has 2 aromatic carbocycles. The normalized spacial score (nSPS) is 17.7. The highest BCUT2D eigenvalue weighted by atomic mass is 35.5. The number of nitrogens with one attached hydrogen (secondary N) is 1. The lowest BCUT2D eigenvalue weighted by Gasteiger charge is -2.37. The standard InChI is InChI=1S/C28H34ClN5O/c1-21(32-14-2-3-15-32)10-12-31-28(35)23-5-4-22-11-13-30-27(26(22)20-23)34-18-16-33(17-19-34)25-8-6-24(29)7-9-25/h4-9,11,13,20-21H,2-3,10,12,14-19H2,1H3,(H,31,35)/t21-/m0/s1. The van der Waals surface area contributed by atoms with Gasteiger partial charge in [0, 0.05) is 66.6 Å². The molecule has 2 fully saturated rings. The fraction of sp³-hybridized carbons (Fsp3) is 0.429. The van der Waals surface area contributed by atoms with Crippen molar-refractivity contribution in [1.29, 1.82) is 0 Å². The molecule has 1 amide bonds. The summed E-state index contributed by atoms with van der Waals surface area (Å²) in [7, 11) is 0. The molecule has 7 heteroatoms. The number of anilines is 2. The summed E-state index contributed by atoms with van der Waals surface area (Å²) in [5.41, 5.74) is 1.89. The van der Waals surface area contributed by atoms with E-state index in [0.29, 0.717) is 18.2 Å². The zero-order valence-electron chi connectivity index (χ0n) is 20.4. The van der Waals surface area contributed by atoms with E-state index in [9.17, 15) is 4.79 Å². The van der Waals surface area contributed by atoms with Gasteiger partial charge in [0.2, 0.25) is 0 Å². The molecule has 5 rings (SSSR count). The monoisotopic (exact) mass is 491 g/mol. The highest BCUT2D eigenvalue weighted by molar-refractivity contribution is 6.30. The third-order valence-corrected chi connectivity index (χ3v) is 7.64. The van der Waals surface area contributed by atoms with Crippen molar-refractivity contribution in [3.63, 3.8) is 0 Å². The first-order chi connectivity index (χ1) is 17.1. The SMILES string of the molecule is C[C@@H](CCNC(=O)c1ccc2ccnc(N3CCN(c4ccc(Cl)cc4)CC3)c2c1)N1CCCC1. The van der Waals surface area contributed by atoms with Crippen LogP contribution in [0.3, 0.4) is 0 Å². The Morgan fingerprint density at radius 1 is 0.971 bits per heavy atom. The second kappa shape index (κ2) is 10.8. The molecule has 0 radical (unpaired) electrons. The Hall–Kier alpha value is -2.83. The molecular weight excluding hydrogens is 458 g/mol. The minimum atomic E-state index is -0.0112. The first-order valence-corrected chi connectivity index (χ1v) is 13.1. The van der Waals surface area contributed by atoms with Gasteiger partial charge in [0.15, 0.2) is 0 Å². The fourth-order valence-corrected chi connectivity index (χ4v) is 5.36. The van der Waals surface area contributed by atoms with Crippen molar-refractivity contribution < 1.29 is 4.79 Å². The van der Waals surface area contributed by atoms with Gasteiger partial charge in [-0.15, -0.1) is 0 Å². The van der Waals surface area contributed by atoms with Crippen LogP contribution in [-0.2, 0) is 0 Å². The van der Waals surface area contributed by atoms with Gasteiger partial charge < -0.3 is 20.0 Å². The molecular formula is C28H34ClN5O. The van der Waals surface area contributed by atoms with Crippen molar-refractivity contribution in [3.05, 3.63) is 65.3 Å². The summed E-state index contributed by atoms with van der Waals surface area (Å²) in [6.45, 7) is 8.90. The zero-order valence-corrected chi connectivity index (χ0v) is 21.2. The molecule has 6 nitrogen and oxygen atoms in total. The van der Waals surface area contributed by atoms with Gasteiger partial charge in [-0.05, 0) is 87.1 Å². The minimum absolute atomic E-state index is 0.0112. The summed E-state index contributed by atoms with van der Waals surface area (Å²) in [5.74, 6) is 0.943. The number of fused-ring (bicyclic) bond motifs is 1. The largest absolute Gasteiger partial charge is 0.368 e. The Kier molecular flexibility index (Phi) is 7.40. The summed E-state index contributed by atoms with van der Waals surface area (Å²) in [6.07, 6.45) is 5.42. The minimum Gasteiger partial charge on any atom is -0.368 e. The number of pyridine rings is 1. The second-order valence-corrected chi connectivity index (χ2v) is 10.1. The number of carbonyl (C=O) groups excluding carboxylic acids is 1. The van der Waals surface area contributed by atoms with Crippen LogP contribution in [0.4, 0.5) is 11.5 Å². The first kappa shape index (κ1) is 23.9. The average Bonchev–Trinajstić information content (AvgIpc) is 3.44. The van der Waals surface area contributed by atoms with E-state index in [2.05, 4.69) is 39.1 Å². The lowest BCUT2D eigenvalue weighted by atomic mass is 10.1. The highest BCUT2D eigenvalue weighted by Crippen LogP contribution is 2.28. The van der Waals surface area contributed by atoms with E-state index in [4.69, 9.17) is 16.6 Å². The van der Waals surface area contributed by atoms with Crippen molar-refractivity contribution in [3.8, 4) is 0 Å². The van der Waals surface area contributed by atoms with Crippen LogP contribution < -0.4 is 15.1 Å². The summed E-state index contributed by atoms with van der Waals surface area (Å²) in [4.78, 5) is 24.9. The summed E-state index contributed by atoms with van der Waals surface area (Å²) < 4.78 is 0. The van der Waals surface area contributed by atoms with Crippen LogP contribution in [0.25, 0.3) is 10.8 Å². The number of hydrogen-bond donors (Lipinski definition) is 1. The van der Waals surface area contributed by atoms with Gasteiger partial charge in [0.05, 0.1) is 0 Å². The third-order valence-electron chi connectivity index (χ3n) is 7.39. The molecule has 2 saturated heterocycles. The van der Waals surface area contributed by atoms with Gasteiger partial charge in [0.1, 0.15) is 5.82 Å². The molecule has 0 spiro atoms. The van der Waals surface area contributed by atoms with Gasteiger partial charge in [-0.1, -0.05) is 17.7 Å². The van der Waals surface area contributed by atoms with Crippen molar-refractivity contribution in [2.75, 3.05) is 55.6 Å². The van der Waals surface area contributed by atoms with E-state index >= 15 is 0 Å². The van der Waals surface area contributed by atoms with Crippen LogP contribution in [0, 0.1) is 0 Å². The maximum atomic E-state index is 12.9. The molecule has 0 saturated carbocycles. The fourth-order valence-electron chi connectivity index (χ4n) is 5.24. The molecule has 3 aromatic rings. The molecule has 1 N–H and O–H groups in total. The maximum Gasteiger partial charge on any atom is 0.251 e. The number of nitrogens with zero attached hydrogens (tertiary/aromatic N) is 4. The predicted molar refractivity (Wildman–Crippen MR) is 145 cm³/mol. The lowest BCUT2D eigenvalue weighted by Crippen LogP contribution is -2.46. The zero-order chi connectivity index (χ0) is 24.2. The Labute approximate surface area is 212 Å². The summed E-state index contributed by atoms with van der Waals surface area (Å²) in [6, 6.07) is 16.5.